The molecule has 0 aliphatic carbocycles. The molecule has 2 aromatic carbocycles. The summed E-state index contributed by atoms with van der Waals surface area (Å²) in [6, 6.07) is 9.02. The fourth-order valence-electron chi connectivity index (χ4n) is 1.96. The summed E-state index contributed by atoms with van der Waals surface area (Å²) in [5, 5.41) is 0.171. The summed E-state index contributed by atoms with van der Waals surface area (Å²) in [4.78, 5) is -0.123. The summed E-state index contributed by atoms with van der Waals surface area (Å²) < 4.78 is 14.6. The lowest BCUT2D eigenvalue weighted by Crippen LogP contribution is -1.99. The van der Waals surface area contributed by atoms with E-state index < -0.39 is 5.82 Å². The van der Waals surface area contributed by atoms with Crippen molar-refractivity contribution in [3.8, 4) is 0 Å². The molecule has 0 amide bonds. The number of halogens is 4. The summed E-state index contributed by atoms with van der Waals surface area (Å²) in [6.07, 6.45) is 0. The maximum absolute atomic E-state index is 13.5. The molecule has 0 aliphatic rings. The standard InChI is InChI=1S/C15H12Br2ClF/c1-8-7-12(16)9(2)6-11(8)14(17)10-4-3-5-13(19)15(10)18/h3-7,14H,1-2H3. The minimum absolute atomic E-state index is 0.123. The first-order valence-corrected chi connectivity index (χ1v) is 7.85. The minimum atomic E-state index is -0.393. The lowest BCUT2D eigenvalue weighted by Gasteiger charge is -2.17. The molecule has 100 valence electrons. The first kappa shape index (κ1) is 15.0. The van der Waals surface area contributed by atoms with Crippen molar-refractivity contribution >= 4 is 43.5 Å². The molecular formula is C15H12Br2ClF. The smallest absolute Gasteiger partial charge is 0.142 e. The molecule has 1 atom stereocenters. The number of hydrogen-bond donors (Lipinski definition) is 0. The number of alkyl halides is 1. The van der Waals surface area contributed by atoms with E-state index in [1.807, 2.05) is 19.9 Å². The summed E-state index contributed by atoms with van der Waals surface area (Å²) >= 11 is 13.2. The minimum Gasteiger partial charge on any atom is -0.205 e. The van der Waals surface area contributed by atoms with E-state index in [-0.39, 0.29) is 9.85 Å². The van der Waals surface area contributed by atoms with Gasteiger partial charge in [0.15, 0.2) is 0 Å². The highest BCUT2D eigenvalue weighted by Crippen LogP contribution is 2.38. The molecule has 0 bridgehead atoms. The molecular weight excluding hydrogens is 394 g/mol. The molecule has 0 radical (unpaired) electrons. The summed E-state index contributed by atoms with van der Waals surface area (Å²) in [7, 11) is 0. The highest BCUT2D eigenvalue weighted by molar-refractivity contribution is 9.10. The lowest BCUT2D eigenvalue weighted by molar-refractivity contribution is 0.626. The Balaban J connectivity index is 2.53. The SMILES string of the molecule is Cc1cc(C(Br)c2cccc(F)c2Cl)c(C)cc1Br. The van der Waals surface area contributed by atoms with E-state index in [2.05, 4.69) is 44.0 Å². The van der Waals surface area contributed by atoms with Gasteiger partial charge in [-0.2, -0.15) is 0 Å². The largest absolute Gasteiger partial charge is 0.205 e. The van der Waals surface area contributed by atoms with Crippen LogP contribution in [0.1, 0.15) is 27.1 Å². The van der Waals surface area contributed by atoms with Crippen LogP contribution >= 0.6 is 43.5 Å². The molecule has 0 saturated heterocycles. The van der Waals surface area contributed by atoms with Gasteiger partial charge in [0.2, 0.25) is 0 Å². The first-order valence-electron chi connectivity index (χ1n) is 5.76. The predicted molar refractivity (Wildman–Crippen MR) is 85.8 cm³/mol. The van der Waals surface area contributed by atoms with Crippen LogP contribution in [0.3, 0.4) is 0 Å². The van der Waals surface area contributed by atoms with E-state index in [9.17, 15) is 4.39 Å². The summed E-state index contributed by atoms with van der Waals surface area (Å²) in [5.41, 5.74) is 4.09. The quantitative estimate of drug-likeness (QED) is 0.510. The molecule has 0 aromatic heterocycles. The average Bonchev–Trinajstić information content (AvgIpc) is 2.36. The van der Waals surface area contributed by atoms with Crippen molar-refractivity contribution in [3.63, 3.8) is 0 Å². The Morgan fingerprint density at radius 2 is 1.79 bits per heavy atom. The molecule has 2 aromatic rings. The molecule has 0 aliphatic heterocycles. The third-order valence-corrected chi connectivity index (χ3v) is 5.31. The van der Waals surface area contributed by atoms with E-state index in [1.54, 1.807) is 6.07 Å². The van der Waals surface area contributed by atoms with Crippen LogP contribution in [0, 0.1) is 19.7 Å². The Kier molecular flexibility index (Phi) is 4.70. The number of rotatable bonds is 2. The molecule has 0 saturated carbocycles. The van der Waals surface area contributed by atoms with Crippen molar-refractivity contribution in [2.75, 3.05) is 0 Å². The van der Waals surface area contributed by atoms with Crippen molar-refractivity contribution < 1.29 is 4.39 Å². The highest BCUT2D eigenvalue weighted by atomic mass is 79.9. The Morgan fingerprint density at radius 3 is 2.47 bits per heavy atom. The second kappa shape index (κ2) is 5.94. The van der Waals surface area contributed by atoms with Crippen LogP contribution in [-0.2, 0) is 0 Å². The van der Waals surface area contributed by atoms with Gasteiger partial charge in [-0.15, -0.1) is 0 Å². The summed E-state index contributed by atoms with van der Waals surface area (Å²) in [6.45, 7) is 4.06. The number of benzene rings is 2. The second-order valence-corrected chi connectivity index (χ2v) is 6.61. The van der Waals surface area contributed by atoms with Gasteiger partial charge >= 0.3 is 0 Å². The maximum atomic E-state index is 13.5. The summed E-state index contributed by atoms with van der Waals surface area (Å²) in [5.74, 6) is -0.393. The van der Waals surface area contributed by atoms with Gasteiger partial charge in [-0.25, -0.2) is 4.39 Å². The normalized spacial score (nSPS) is 12.5. The van der Waals surface area contributed by atoms with E-state index in [1.165, 1.54) is 6.07 Å². The van der Waals surface area contributed by atoms with Gasteiger partial charge in [-0.1, -0.05) is 61.7 Å². The molecule has 0 nitrogen and oxygen atoms in total. The molecule has 0 heterocycles. The fraction of sp³-hybridized carbons (Fsp3) is 0.200. The van der Waals surface area contributed by atoms with Crippen molar-refractivity contribution in [2.24, 2.45) is 0 Å². The van der Waals surface area contributed by atoms with Crippen LogP contribution in [0.15, 0.2) is 34.8 Å². The molecule has 4 heteroatoms. The Morgan fingerprint density at radius 1 is 1.11 bits per heavy atom. The molecule has 0 spiro atoms. The van der Waals surface area contributed by atoms with Crippen molar-refractivity contribution in [1.29, 1.82) is 0 Å². The molecule has 19 heavy (non-hydrogen) atoms. The van der Waals surface area contributed by atoms with E-state index >= 15 is 0 Å². The lowest BCUT2D eigenvalue weighted by atomic mass is 9.98. The van der Waals surface area contributed by atoms with Gasteiger partial charge < -0.3 is 0 Å². The monoisotopic (exact) mass is 404 g/mol. The first-order chi connectivity index (χ1) is 8.91. The second-order valence-electron chi connectivity index (χ2n) is 4.46. The zero-order valence-electron chi connectivity index (χ0n) is 10.5. The molecule has 2 rings (SSSR count). The molecule has 0 N–H and O–H groups in total. The topological polar surface area (TPSA) is 0 Å². The van der Waals surface area contributed by atoms with Gasteiger partial charge in [0.05, 0.1) is 9.85 Å². The Labute approximate surface area is 134 Å². The Bertz CT molecular complexity index is 626. The van der Waals surface area contributed by atoms with Crippen LogP contribution in [0.4, 0.5) is 4.39 Å². The van der Waals surface area contributed by atoms with Gasteiger partial charge in [0.1, 0.15) is 5.82 Å². The third-order valence-electron chi connectivity index (χ3n) is 3.07. The Hall–Kier alpha value is -0.380. The average molecular weight is 407 g/mol. The fourth-order valence-corrected chi connectivity index (χ4v) is 3.66. The highest BCUT2D eigenvalue weighted by Gasteiger charge is 2.18. The van der Waals surface area contributed by atoms with Crippen molar-refractivity contribution in [2.45, 2.75) is 18.7 Å². The molecule has 1 unspecified atom stereocenters. The maximum Gasteiger partial charge on any atom is 0.142 e. The van der Waals surface area contributed by atoms with Gasteiger partial charge in [0, 0.05) is 4.47 Å². The zero-order valence-corrected chi connectivity index (χ0v) is 14.4. The number of hydrogen-bond acceptors (Lipinski definition) is 0. The van der Waals surface area contributed by atoms with E-state index in [0.29, 0.717) is 0 Å². The van der Waals surface area contributed by atoms with Crippen molar-refractivity contribution in [3.05, 3.63) is 67.9 Å². The van der Waals surface area contributed by atoms with Gasteiger partial charge in [-0.3, -0.25) is 0 Å². The zero-order chi connectivity index (χ0) is 14.2. The van der Waals surface area contributed by atoms with E-state index in [4.69, 9.17) is 11.6 Å². The van der Waals surface area contributed by atoms with E-state index in [0.717, 1.165) is 26.7 Å². The van der Waals surface area contributed by atoms with Crippen LogP contribution in [0.25, 0.3) is 0 Å². The van der Waals surface area contributed by atoms with Crippen LogP contribution in [-0.4, -0.2) is 0 Å². The predicted octanol–water partition coefficient (Wildman–Crippen LogP) is 6.34. The van der Waals surface area contributed by atoms with Crippen LogP contribution in [0.2, 0.25) is 5.02 Å². The van der Waals surface area contributed by atoms with Gasteiger partial charge in [0.25, 0.3) is 0 Å². The van der Waals surface area contributed by atoms with Crippen LogP contribution < -0.4 is 0 Å². The van der Waals surface area contributed by atoms with Crippen LogP contribution in [0.5, 0.6) is 0 Å². The number of aryl methyl sites for hydroxylation is 2. The third kappa shape index (κ3) is 3.04. The van der Waals surface area contributed by atoms with Crippen molar-refractivity contribution in [1.82, 2.24) is 0 Å². The molecule has 0 fully saturated rings. The van der Waals surface area contributed by atoms with Gasteiger partial charge in [-0.05, 0) is 48.2 Å².